The summed E-state index contributed by atoms with van der Waals surface area (Å²) in [4.78, 5) is 11.7. The van der Waals surface area contributed by atoms with E-state index in [4.69, 9.17) is 9.47 Å². The van der Waals surface area contributed by atoms with E-state index in [0.717, 1.165) is 11.1 Å². The van der Waals surface area contributed by atoms with Crippen LogP contribution < -0.4 is 14.8 Å². The number of anilines is 2. The zero-order chi connectivity index (χ0) is 20.0. The molecule has 0 spiro atoms. The second-order valence-corrected chi connectivity index (χ2v) is 7.47. The number of carbonyl (C=O) groups excluding carboxylic acids is 1. The molecule has 0 heterocycles. The van der Waals surface area contributed by atoms with Gasteiger partial charge in [-0.2, -0.15) is 0 Å². The molecule has 1 amide bonds. The summed E-state index contributed by atoms with van der Waals surface area (Å²) in [6.45, 7) is 7.79. The summed E-state index contributed by atoms with van der Waals surface area (Å²) < 4.78 is 38.5. The third-order valence-corrected chi connectivity index (χ3v) is 5.29. The summed E-state index contributed by atoms with van der Waals surface area (Å²) in [6.07, 6.45) is -0.685. The minimum atomic E-state index is -3.85. The number of hydrogen-bond donors (Lipinski definition) is 2. The average Bonchev–Trinajstić information content (AvgIpc) is 2.60. The molecule has 2 N–H and O–H groups in total. The lowest BCUT2D eigenvalue weighted by molar-refractivity contribution is 0.167. The smallest absolute Gasteiger partial charge is 0.411 e. The average molecular weight is 392 g/mol. The van der Waals surface area contributed by atoms with Crippen molar-refractivity contribution in [3.05, 3.63) is 47.5 Å². The van der Waals surface area contributed by atoms with Crippen LogP contribution in [0.1, 0.15) is 25.0 Å². The van der Waals surface area contributed by atoms with Gasteiger partial charge in [-0.05, 0) is 63.1 Å². The van der Waals surface area contributed by atoms with Gasteiger partial charge in [-0.25, -0.2) is 13.2 Å². The van der Waals surface area contributed by atoms with Crippen molar-refractivity contribution >= 4 is 27.5 Å². The number of hydrogen-bond acceptors (Lipinski definition) is 5. The molecule has 0 aliphatic heterocycles. The van der Waals surface area contributed by atoms with Crippen LogP contribution in [0.5, 0.6) is 5.75 Å². The minimum Gasteiger partial charge on any atom is -0.492 e. The molecule has 0 aliphatic carbocycles. The number of nitrogens with one attached hydrogen (secondary N) is 2. The molecule has 146 valence electrons. The number of sulfonamides is 1. The monoisotopic (exact) mass is 392 g/mol. The molecule has 0 aromatic heterocycles. The second kappa shape index (κ2) is 8.77. The Morgan fingerprint density at radius 3 is 2.44 bits per heavy atom. The first kappa shape index (κ1) is 20.6. The molecule has 0 aliphatic rings. The molecule has 27 heavy (non-hydrogen) atoms. The number of carbonyl (C=O) groups is 1. The summed E-state index contributed by atoms with van der Waals surface area (Å²) in [7, 11) is -3.85. The van der Waals surface area contributed by atoms with Crippen LogP contribution in [0.15, 0.2) is 41.3 Å². The summed E-state index contributed by atoms with van der Waals surface area (Å²) in [5.74, 6) is 0.358. The first-order valence-corrected chi connectivity index (χ1v) is 10.1. The van der Waals surface area contributed by atoms with Crippen LogP contribution in [0.2, 0.25) is 0 Å². The van der Waals surface area contributed by atoms with Crippen LogP contribution >= 0.6 is 0 Å². The molecular formula is C19H24N2O5S. The Kier molecular flexibility index (Phi) is 6.68. The molecule has 2 aromatic carbocycles. The van der Waals surface area contributed by atoms with Crippen molar-refractivity contribution in [3.8, 4) is 5.75 Å². The standard InChI is InChI=1S/C19H24N2O5S/c1-5-25-18-11-10-15(12-17(18)20-19(22)26-6-2)27(23,24)21-16-9-7-8-13(3)14(16)4/h7-12,21H,5-6H2,1-4H3,(H,20,22). The summed E-state index contributed by atoms with van der Waals surface area (Å²) in [6, 6.07) is 9.66. The van der Waals surface area contributed by atoms with Gasteiger partial charge >= 0.3 is 6.09 Å². The largest absolute Gasteiger partial charge is 0.492 e. The highest BCUT2D eigenvalue weighted by Gasteiger charge is 2.19. The maximum Gasteiger partial charge on any atom is 0.411 e. The number of ether oxygens (including phenoxy) is 2. The Balaban J connectivity index is 2.38. The molecule has 0 radical (unpaired) electrons. The predicted molar refractivity (Wildman–Crippen MR) is 105 cm³/mol. The van der Waals surface area contributed by atoms with E-state index in [1.165, 1.54) is 18.2 Å². The fourth-order valence-corrected chi connectivity index (χ4v) is 3.55. The van der Waals surface area contributed by atoms with E-state index in [9.17, 15) is 13.2 Å². The Hall–Kier alpha value is -2.74. The molecule has 7 nitrogen and oxygen atoms in total. The number of amides is 1. The van der Waals surface area contributed by atoms with E-state index in [2.05, 4.69) is 10.0 Å². The lowest BCUT2D eigenvalue weighted by Crippen LogP contribution is -2.17. The van der Waals surface area contributed by atoms with Crippen molar-refractivity contribution in [2.24, 2.45) is 0 Å². The second-order valence-electron chi connectivity index (χ2n) is 5.79. The van der Waals surface area contributed by atoms with Gasteiger partial charge in [0.25, 0.3) is 10.0 Å². The van der Waals surface area contributed by atoms with Crippen LogP contribution in [0, 0.1) is 13.8 Å². The van der Waals surface area contributed by atoms with Crippen molar-refractivity contribution in [1.82, 2.24) is 0 Å². The van der Waals surface area contributed by atoms with Gasteiger partial charge in [0.05, 0.1) is 29.5 Å². The maximum atomic E-state index is 12.8. The molecule has 0 atom stereocenters. The van der Waals surface area contributed by atoms with E-state index in [1.807, 2.05) is 19.9 Å². The highest BCUT2D eigenvalue weighted by atomic mass is 32.2. The van der Waals surface area contributed by atoms with Crippen molar-refractivity contribution in [3.63, 3.8) is 0 Å². The highest BCUT2D eigenvalue weighted by molar-refractivity contribution is 7.92. The van der Waals surface area contributed by atoms with Crippen LogP contribution in [-0.4, -0.2) is 27.7 Å². The molecule has 2 aromatic rings. The number of aryl methyl sites for hydroxylation is 1. The number of benzene rings is 2. The normalized spacial score (nSPS) is 11.0. The Labute approximate surface area is 159 Å². The zero-order valence-corrected chi connectivity index (χ0v) is 16.6. The molecule has 0 fully saturated rings. The summed E-state index contributed by atoms with van der Waals surface area (Å²) in [5.41, 5.74) is 2.55. The number of rotatable bonds is 7. The first-order valence-electron chi connectivity index (χ1n) is 8.58. The lowest BCUT2D eigenvalue weighted by atomic mass is 10.1. The van der Waals surface area contributed by atoms with E-state index in [-0.39, 0.29) is 17.2 Å². The lowest BCUT2D eigenvalue weighted by Gasteiger charge is -2.15. The fraction of sp³-hybridized carbons (Fsp3) is 0.316. The van der Waals surface area contributed by atoms with Gasteiger partial charge in [-0.1, -0.05) is 12.1 Å². The highest BCUT2D eigenvalue weighted by Crippen LogP contribution is 2.29. The first-order chi connectivity index (χ1) is 12.8. The van der Waals surface area contributed by atoms with Crippen molar-refractivity contribution in [2.45, 2.75) is 32.6 Å². The Morgan fingerprint density at radius 2 is 1.78 bits per heavy atom. The SMILES string of the molecule is CCOC(=O)Nc1cc(S(=O)(=O)Nc2cccc(C)c2C)ccc1OCC. The van der Waals surface area contributed by atoms with Crippen LogP contribution in [0.3, 0.4) is 0 Å². The van der Waals surface area contributed by atoms with Gasteiger partial charge in [0.2, 0.25) is 0 Å². The molecule has 0 bridgehead atoms. The Bertz CT molecular complexity index is 926. The topological polar surface area (TPSA) is 93.7 Å². The van der Waals surface area contributed by atoms with Crippen molar-refractivity contribution < 1.29 is 22.7 Å². The molecule has 8 heteroatoms. The quantitative estimate of drug-likeness (QED) is 0.741. The molecular weight excluding hydrogens is 368 g/mol. The van der Waals surface area contributed by atoms with Gasteiger partial charge < -0.3 is 9.47 Å². The molecule has 0 unspecified atom stereocenters. The van der Waals surface area contributed by atoms with E-state index < -0.39 is 16.1 Å². The maximum absolute atomic E-state index is 12.8. The van der Waals surface area contributed by atoms with Gasteiger partial charge in [0, 0.05) is 0 Å². The Morgan fingerprint density at radius 1 is 1.04 bits per heavy atom. The predicted octanol–water partition coefficient (Wildman–Crippen LogP) is 4.07. The minimum absolute atomic E-state index is 0.00124. The van der Waals surface area contributed by atoms with E-state index >= 15 is 0 Å². The van der Waals surface area contributed by atoms with Crippen LogP contribution in [0.4, 0.5) is 16.2 Å². The van der Waals surface area contributed by atoms with Crippen LogP contribution in [-0.2, 0) is 14.8 Å². The third-order valence-electron chi connectivity index (χ3n) is 3.92. The molecule has 2 rings (SSSR count). The van der Waals surface area contributed by atoms with E-state index in [1.54, 1.807) is 26.0 Å². The van der Waals surface area contributed by atoms with Gasteiger partial charge in [-0.3, -0.25) is 10.0 Å². The van der Waals surface area contributed by atoms with Gasteiger partial charge in [-0.15, -0.1) is 0 Å². The third kappa shape index (κ3) is 5.13. The van der Waals surface area contributed by atoms with E-state index in [0.29, 0.717) is 18.0 Å². The summed E-state index contributed by atoms with van der Waals surface area (Å²) in [5, 5.41) is 2.51. The molecule has 0 saturated heterocycles. The van der Waals surface area contributed by atoms with Gasteiger partial charge in [0.1, 0.15) is 5.75 Å². The zero-order valence-electron chi connectivity index (χ0n) is 15.8. The van der Waals surface area contributed by atoms with Crippen molar-refractivity contribution in [1.29, 1.82) is 0 Å². The fourth-order valence-electron chi connectivity index (χ4n) is 2.40. The molecule has 0 saturated carbocycles. The van der Waals surface area contributed by atoms with Crippen molar-refractivity contribution in [2.75, 3.05) is 23.3 Å². The summed E-state index contributed by atoms with van der Waals surface area (Å²) >= 11 is 0. The van der Waals surface area contributed by atoms with Gasteiger partial charge in [0.15, 0.2) is 0 Å². The van der Waals surface area contributed by atoms with Crippen LogP contribution in [0.25, 0.3) is 0 Å².